The Balaban J connectivity index is 1.26. The molecule has 2 amide bonds. The molecule has 1 atom stereocenters. The van der Waals surface area contributed by atoms with Crippen molar-refractivity contribution in [3.63, 3.8) is 0 Å². The lowest BCUT2D eigenvalue weighted by Gasteiger charge is -2.40. The van der Waals surface area contributed by atoms with E-state index in [1.165, 1.54) is 5.56 Å². The van der Waals surface area contributed by atoms with Crippen molar-refractivity contribution in [2.45, 2.75) is 25.3 Å². The molecule has 3 heterocycles. The third kappa shape index (κ3) is 5.26. The molecule has 0 bridgehead atoms. The van der Waals surface area contributed by atoms with Crippen LogP contribution in [-0.2, 0) is 6.42 Å². The Labute approximate surface area is 215 Å². The summed E-state index contributed by atoms with van der Waals surface area (Å²) in [5.74, 6) is 0.451. The number of likely N-dealkylation sites (N-methyl/N-ethyl adjacent to an activating group) is 1. The fraction of sp³-hybridized carbons (Fsp3) is 0.276. The number of amides is 2. The van der Waals surface area contributed by atoms with Crippen LogP contribution in [0, 0.1) is 5.92 Å². The minimum atomic E-state index is 0.0629. The first-order valence-electron chi connectivity index (χ1n) is 12.3. The van der Waals surface area contributed by atoms with Crippen molar-refractivity contribution < 1.29 is 9.59 Å². The van der Waals surface area contributed by atoms with Gasteiger partial charge in [-0.3, -0.25) is 9.59 Å². The molecule has 4 aromatic rings. The molecule has 6 nitrogen and oxygen atoms in total. The molecule has 0 saturated carbocycles. The summed E-state index contributed by atoms with van der Waals surface area (Å²) in [6, 6.07) is 20.0. The van der Waals surface area contributed by atoms with E-state index in [4.69, 9.17) is 0 Å². The predicted molar refractivity (Wildman–Crippen MR) is 143 cm³/mol. The van der Waals surface area contributed by atoms with E-state index in [-0.39, 0.29) is 17.9 Å². The minimum absolute atomic E-state index is 0.0629. The fourth-order valence-corrected chi connectivity index (χ4v) is 5.70. The minimum Gasteiger partial charge on any atom is -0.339 e. The van der Waals surface area contributed by atoms with Crippen LogP contribution in [0.2, 0.25) is 0 Å². The smallest absolute Gasteiger partial charge is 0.254 e. The van der Waals surface area contributed by atoms with Gasteiger partial charge in [-0.15, -0.1) is 0 Å². The van der Waals surface area contributed by atoms with E-state index in [1.807, 2.05) is 86.9 Å². The lowest BCUT2D eigenvalue weighted by molar-refractivity contribution is 0.0522. The third-order valence-electron chi connectivity index (χ3n) is 7.16. The Bertz CT molecular complexity index is 1260. The van der Waals surface area contributed by atoms with Crippen LogP contribution in [0.3, 0.4) is 0 Å². The molecule has 2 aromatic carbocycles. The van der Waals surface area contributed by atoms with E-state index >= 15 is 0 Å². The lowest BCUT2D eigenvalue weighted by Crippen LogP contribution is -2.48. The Morgan fingerprint density at radius 3 is 2.42 bits per heavy atom. The largest absolute Gasteiger partial charge is 0.339 e. The van der Waals surface area contributed by atoms with Crippen molar-refractivity contribution in [2.24, 2.45) is 5.92 Å². The number of carbonyl (C=O) groups excluding carboxylic acids is 2. The van der Waals surface area contributed by atoms with Gasteiger partial charge in [0.1, 0.15) is 0 Å². The number of nitrogens with zero attached hydrogens (tertiary/aromatic N) is 4. The number of aromatic nitrogens is 2. The summed E-state index contributed by atoms with van der Waals surface area (Å²) in [4.78, 5) is 34.4. The lowest BCUT2D eigenvalue weighted by atomic mass is 9.84. The Morgan fingerprint density at radius 2 is 1.78 bits per heavy atom. The molecule has 2 aromatic heterocycles. The zero-order valence-electron chi connectivity index (χ0n) is 20.4. The molecule has 0 N–H and O–H groups in total. The number of hydrogen-bond donors (Lipinski definition) is 0. The van der Waals surface area contributed by atoms with Crippen molar-refractivity contribution in [1.82, 2.24) is 19.4 Å². The zero-order valence-corrected chi connectivity index (χ0v) is 21.2. The normalized spacial score (nSPS) is 15.0. The van der Waals surface area contributed by atoms with Gasteiger partial charge in [0.25, 0.3) is 11.8 Å². The quantitative estimate of drug-likeness (QED) is 0.353. The van der Waals surface area contributed by atoms with Crippen LogP contribution in [0.15, 0.2) is 90.1 Å². The number of likely N-dealkylation sites (tertiary alicyclic amines) is 1. The highest BCUT2D eigenvalue weighted by Crippen LogP contribution is 2.28. The molecule has 0 radical (unpaired) electrons. The Kier molecular flexibility index (Phi) is 7.28. The van der Waals surface area contributed by atoms with Gasteiger partial charge in [-0.1, -0.05) is 30.3 Å². The Hall–Kier alpha value is -3.71. The van der Waals surface area contributed by atoms with E-state index in [0.29, 0.717) is 24.6 Å². The molecule has 0 spiro atoms. The number of imidazole rings is 1. The molecule has 1 aliphatic heterocycles. The molecular formula is C29H30N4O2S. The van der Waals surface area contributed by atoms with Gasteiger partial charge in [0.2, 0.25) is 0 Å². The number of hydrogen-bond acceptors (Lipinski definition) is 4. The average molecular weight is 499 g/mol. The van der Waals surface area contributed by atoms with Crippen LogP contribution in [0.5, 0.6) is 0 Å². The number of benzene rings is 2. The maximum Gasteiger partial charge on any atom is 0.254 e. The highest BCUT2D eigenvalue weighted by Gasteiger charge is 2.33. The molecule has 7 heteroatoms. The number of carbonyl (C=O) groups is 2. The number of piperidine rings is 1. The Morgan fingerprint density at radius 1 is 1.03 bits per heavy atom. The van der Waals surface area contributed by atoms with E-state index in [9.17, 15) is 9.59 Å². The van der Waals surface area contributed by atoms with Crippen molar-refractivity contribution >= 4 is 23.2 Å². The maximum absolute atomic E-state index is 13.2. The van der Waals surface area contributed by atoms with E-state index in [2.05, 4.69) is 17.1 Å². The maximum atomic E-state index is 13.2. The van der Waals surface area contributed by atoms with Crippen LogP contribution in [0.25, 0.3) is 5.69 Å². The molecule has 1 aliphatic rings. The van der Waals surface area contributed by atoms with Gasteiger partial charge in [0.05, 0.1) is 11.9 Å². The van der Waals surface area contributed by atoms with E-state index in [0.717, 1.165) is 30.5 Å². The van der Waals surface area contributed by atoms with Crippen LogP contribution >= 0.6 is 11.3 Å². The fourth-order valence-electron chi connectivity index (χ4n) is 5.07. The van der Waals surface area contributed by atoms with Gasteiger partial charge in [-0.2, -0.15) is 11.3 Å². The topological polar surface area (TPSA) is 58.4 Å². The van der Waals surface area contributed by atoms with Crippen molar-refractivity contribution in [1.29, 1.82) is 0 Å². The summed E-state index contributed by atoms with van der Waals surface area (Å²) in [6.07, 6.45) is 7.91. The second-order valence-electron chi connectivity index (χ2n) is 9.33. The van der Waals surface area contributed by atoms with E-state index in [1.54, 1.807) is 23.9 Å². The summed E-state index contributed by atoms with van der Waals surface area (Å²) in [5, 5.41) is 3.86. The molecule has 36 heavy (non-hydrogen) atoms. The summed E-state index contributed by atoms with van der Waals surface area (Å²) in [5.41, 5.74) is 3.64. The van der Waals surface area contributed by atoms with Gasteiger partial charge in [-0.05, 0) is 66.5 Å². The van der Waals surface area contributed by atoms with Gasteiger partial charge < -0.3 is 14.4 Å². The first-order valence-corrected chi connectivity index (χ1v) is 13.3. The highest BCUT2D eigenvalue weighted by molar-refractivity contribution is 7.08. The summed E-state index contributed by atoms with van der Waals surface area (Å²) >= 11 is 1.54. The van der Waals surface area contributed by atoms with Gasteiger partial charge in [-0.25, -0.2) is 4.98 Å². The van der Waals surface area contributed by atoms with Gasteiger partial charge >= 0.3 is 0 Å². The monoisotopic (exact) mass is 498 g/mol. The molecule has 5 rings (SSSR count). The molecule has 0 unspecified atom stereocenters. The second kappa shape index (κ2) is 10.9. The first-order chi connectivity index (χ1) is 17.6. The van der Waals surface area contributed by atoms with Gasteiger partial charge in [0.15, 0.2) is 0 Å². The molecule has 0 aliphatic carbocycles. The second-order valence-corrected chi connectivity index (χ2v) is 10.1. The average Bonchev–Trinajstić information content (AvgIpc) is 3.67. The van der Waals surface area contributed by atoms with Crippen LogP contribution in [-0.4, -0.2) is 57.3 Å². The third-order valence-corrected chi connectivity index (χ3v) is 7.84. The van der Waals surface area contributed by atoms with Crippen LogP contribution in [0.1, 0.15) is 39.1 Å². The van der Waals surface area contributed by atoms with Crippen molar-refractivity contribution in [3.05, 3.63) is 107 Å². The molecular weight excluding hydrogens is 468 g/mol. The van der Waals surface area contributed by atoms with Crippen molar-refractivity contribution in [3.8, 4) is 5.69 Å². The molecule has 1 saturated heterocycles. The first kappa shape index (κ1) is 24.0. The number of thiophene rings is 1. The van der Waals surface area contributed by atoms with E-state index < -0.39 is 0 Å². The molecule has 184 valence electrons. The summed E-state index contributed by atoms with van der Waals surface area (Å²) in [6.45, 7) is 1.39. The van der Waals surface area contributed by atoms with Crippen LogP contribution < -0.4 is 0 Å². The zero-order chi connectivity index (χ0) is 24.9. The van der Waals surface area contributed by atoms with Crippen molar-refractivity contribution in [2.75, 3.05) is 20.1 Å². The summed E-state index contributed by atoms with van der Waals surface area (Å²) < 4.78 is 1.92. The molecule has 1 fully saturated rings. The van der Waals surface area contributed by atoms with Crippen LogP contribution in [0.4, 0.5) is 0 Å². The standard InChI is InChI=1S/C29H30N4O2S/c1-31(28(34)25-13-18-36-20-25)27(19-22-5-3-2-4-6-22)23-11-15-32(16-12-23)29(35)24-7-9-26(10-8-24)33-17-14-30-21-33/h2-10,13-14,17-18,20-21,23,27H,11-12,15-16,19H2,1H3/t27-/m0/s1. The number of rotatable bonds is 7. The van der Waals surface area contributed by atoms with Gasteiger partial charge in [0, 0.05) is 55.2 Å². The SMILES string of the molecule is CN(C(=O)c1ccsc1)[C@@H](Cc1ccccc1)C1CCN(C(=O)c2ccc(-n3ccnc3)cc2)CC1. The summed E-state index contributed by atoms with van der Waals surface area (Å²) in [7, 11) is 1.92. The predicted octanol–water partition coefficient (Wildman–Crippen LogP) is 5.17. The highest BCUT2D eigenvalue weighted by atomic mass is 32.1.